The zero-order chi connectivity index (χ0) is 18.0. The van der Waals surface area contributed by atoms with E-state index in [2.05, 4.69) is 14.8 Å². The van der Waals surface area contributed by atoms with Gasteiger partial charge in [0.1, 0.15) is 5.82 Å². The second-order valence-electron chi connectivity index (χ2n) is 8.65. The molecule has 26 heavy (non-hydrogen) atoms. The van der Waals surface area contributed by atoms with Crippen LogP contribution in [-0.2, 0) is 11.3 Å². The molecule has 1 aromatic heterocycles. The molecular weight excluding hydrogens is 324 g/mol. The molecule has 1 spiro atoms. The van der Waals surface area contributed by atoms with Crippen LogP contribution in [0.3, 0.4) is 0 Å². The Labute approximate surface area is 156 Å². The third-order valence-corrected chi connectivity index (χ3v) is 6.78. The third-order valence-electron chi connectivity index (χ3n) is 6.78. The summed E-state index contributed by atoms with van der Waals surface area (Å²) in [5, 5.41) is 0. The van der Waals surface area contributed by atoms with Gasteiger partial charge in [0, 0.05) is 37.9 Å². The first-order valence-electron chi connectivity index (χ1n) is 10.4. The summed E-state index contributed by atoms with van der Waals surface area (Å²) in [5.74, 6) is 1.77. The van der Waals surface area contributed by atoms with E-state index in [4.69, 9.17) is 5.73 Å². The number of amides is 1. The summed E-state index contributed by atoms with van der Waals surface area (Å²) in [6, 6.07) is 3.99. The lowest BCUT2D eigenvalue weighted by Crippen LogP contribution is -2.51. The molecule has 4 rings (SSSR count). The molecule has 2 saturated heterocycles. The first-order chi connectivity index (χ1) is 12.7. The van der Waals surface area contributed by atoms with Crippen molar-refractivity contribution in [2.45, 2.75) is 57.9 Å². The van der Waals surface area contributed by atoms with Gasteiger partial charge in [-0.2, -0.15) is 0 Å². The van der Waals surface area contributed by atoms with Crippen molar-refractivity contribution in [1.82, 2.24) is 14.8 Å². The number of piperidine rings is 1. The smallest absolute Gasteiger partial charge is 0.230 e. The Balaban J connectivity index is 1.39. The molecule has 0 radical (unpaired) electrons. The maximum Gasteiger partial charge on any atom is 0.230 e. The highest BCUT2D eigenvalue weighted by atomic mass is 16.2. The number of nitrogens with zero attached hydrogens (tertiary/aromatic N) is 3. The van der Waals surface area contributed by atoms with E-state index in [0.717, 1.165) is 63.5 Å². The topological polar surface area (TPSA) is 62.5 Å². The molecule has 3 aliphatic rings. The van der Waals surface area contributed by atoms with Crippen molar-refractivity contribution in [3.05, 3.63) is 23.9 Å². The van der Waals surface area contributed by atoms with Gasteiger partial charge in [-0.3, -0.25) is 9.69 Å². The van der Waals surface area contributed by atoms with Gasteiger partial charge in [0.25, 0.3) is 0 Å². The largest absolute Gasteiger partial charge is 0.383 e. The number of pyridine rings is 1. The number of likely N-dealkylation sites (tertiary alicyclic amines) is 2. The van der Waals surface area contributed by atoms with Crippen molar-refractivity contribution in [2.24, 2.45) is 11.3 Å². The van der Waals surface area contributed by atoms with Crippen molar-refractivity contribution in [3.63, 3.8) is 0 Å². The van der Waals surface area contributed by atoms with Crippen molar-refractivity contribution >= 4 is 11.7 Å². The number of anilines is 1. The van der Waals surface area contributed by atoms with Crippen LogP contribution in [0.25, 0.3) is 0 Å². The number of aromatic nitrogens is 1. The maximum atomic E-state index is 13.4. The van der Waals surface area contributed by atoms with Crippen molar-refractivity contribution in [1.29, 1.82) is 0 Å². The van der Waals surface area contributed by atoms with Gasteiger partial charge in [-0.25, -0.2) is 4.98 Å². The summed E-state index contributed by atoms with van der Waals surface area (Å²) < 4.78 is 0. The van der Waals surface area contributed by atoms with Crippen LogP contribution in [0.1, 0.15) is 56.9 Å². The molecule has 5 heteroatoms. The molecule has 1 amide bonds. The Bertz CT molecular complexity index is 643. The third kappa shape index (κ3) is 3.59. The lowest BCUT2D eigenvalue weighted by atomic mass is 9.77. The molecule has 5 nitrogen and oxygen atoms in total. The Morgan fingerprint density at radius 3 is 2.81 bits per heavy atom. The van der Waals surface area contributed by atoms with Crippen molar-refractivity contribution in [2.75, 3.05) is 31.9 Å². The molecule has 1 aromatic rings. The average molecular weight is 357 g/mol. The summed E-state index contributed by atoms with van der Waals surface area (Å²) in [4.78, 5) is 22.2. The van der Waals surface area contributed by atoms with Crippen LogP contribution >= 0.6 is 0 Å². The highest BCUT2D eigenvalue weighted by Gasteiger charge is 2.48. The number of hydrogen-bond acceptors (Lipinski definition) is 4. The predicted octanol–water partition coefficient (Wildman–Crippen LogP) is 3.06. The van der Waals surface area contributed by atoms with Crippen LogP contribution in [-0.4, -0.2) is 46.9 Å². The van der Waals surface area contributed by atoms with E-state index >= 15 is 0 Å². The predicted molar refractivity (Wildman–Crippen MR) is 103 cm³/mol. The summed E-state index contributed by atoms with van der Waals surface area (Å²) in [6.07, 6.45) is 11.6. The minimum Gasteiger partial charge on any atom is -0.383 e. The number of rotatable bonds is 4. The molecule has 1 saturated carbocycles. The molecular formula is C21H32N4O. The van der Waals surface area contributed by atoms with Gasteiger partial charge in [-0.1, -0.05) is 25.3 Å². The molecule has 1 aliphatic carbocycles. The highest BCUT2D eigenvalue weighted by Crippen LogP contribution is 2.41. The minimum absolute atomic E-state index is 0.149. The van der Waals surface area contributed by atoms with Gasteiger partial charge in [-0.15, -0.1) is 0 Å². The quantitative estimate of drug-likeness (QED) is 0.901. The van der Waals surface area contributed by atoms with Gasteiger partial charge >= 0.3 is 0 Å². The van der Waals surface area contributed by atoms with E-state index in [1.807, 2.05) is 12.1 Å². The number of carbonyl (C=O) groups excluding carboxylic acids is 1. The second kappa shape index (κ2) is 7.55. The number of nitrogen functional groups attached to an aromatic ring is 1. The first-order valence-corrected chi connectivity index (χ1v) is 10.4. The summed E-state index contributed by atoms with van der Waals surface area (Å²) in [5.41, 5.74) is 6.94. The van der Waals surface area contributed by atoms with E-state index in [1.54, 1.807) is 6.20 Å². The Hall–Kier alpha value is -1.62. The Morgan fingerprint density at radius 2 is 2.00 bits per heavy atom. The lowest BCUT2D eigenvalue weighted by molar-refractivity contribution is -0.146. The molecule has 0 aromatic carbocycles. The minimum atomic E-state index is -0.149. The van der Waals surface area contributed by atoms with E-state index in [1.165, 1.54) is 32.1 Å². The standard InChI is InChI=1S/C21H32N4O/c22-19-18(8-4-11-23-19)15-24-13-10-21(16-24)9-5-12-25(20(21)26)14-17-6-2-1-3-7-17/h4,8,11,17H,1-3,5-7,9-10,12-16H2,(H2,22,23). The van der Waals surface area contributed by atoms with E-state index < -0.39 is 0 Å². The van der Waals surface area contributed by atoms with Crippen molar-refractivity contribution in [3.8, 4) is 0 Å². The molecule has 2 aliphatic heterocycles. The van der Waals surface area contributed by atoms with Gasteiger partial charge in [-0.05, 0) is 50.6 Å². The zero-order valence-electron chi connectivity index (χ0n) is 15.8. The number of nitrogens with two attached hydrogens (primary N) is 1. The zero-order valence-corrected chi connectivity index (χ0v) is 15.8. The van der Waals surface area contributed by atoms with Gasteiger partial charge < -0.3 is 10.6 Å². The fraction of sp³-hybridized carbons (Fsp3) is 0.714. The average Bonchev–Trinajstić information content (AvgIpc) is 3.06. The Morgan fingerprint density at radius 1 is 1.15 bits per heavy atom. The summed E-state index contributed by atoms with van der Waals surface area (Å²) >= 11 is 0. The molecule has 142 valence electrons. The number of hydrogen-bond donors (Lipinski definition) is 1. The molecule has 0 bridgehead atoms. The van der Waals surface area contributed by atoms with E-state index in [-0.39, 0.29) is 5.41 Å². The fourth-order valence-corrected chi connectivity index (χ4v) is 5.31. The normalized spacial score (nSPS) is 28.2. The van der Waals surface area contributed by atoms with Crippen LogP contribution in [0.2, 0.25) is 0 Å². The summed E-state index contributed by atoms with van der Waals surface area (Å²) in [6.45, 7) is 4.62. The number of carbonyl (C=O) groups is 1. The SMILES string of the molecule is Nc1ncccc1CN1CCC2(CCCN(CC3CCCCC3)C2=O)C1. The van der Waals surface area contributed by atoms with Gasteiger partial charge in [0.2, 0.25) is 5.91 Å². The van der Waals surface area contributed by atoms with Gasteiger partial charge in [0.15, 0.2) is 0 Å². The summed E-state index contributed by atoms with van der Waals surface area (Å²) in [7, 11) is 0. The lowest BCUT2D eigenvalue weighted by Gasteiger charge is -2.41. The van der Waals surface area contributed by atoms with Crippen molar-refractivity contribution < 1.29 is 4.79 Å². The maximum absolute atomic E-state index is 13.4. The fourth-order valence-electron chi connectivity index (χ4n) is 5.31. The Kier molecular flexibility index (Phi) is 5.16. The highest BCUT2D eigenvalue weighted by molar-refractivity contribution is 5.84. The van der Waals surface area contributed by atoms with Crippen LogP contribution in [0.15, 0.2) is 18.3 Å². The van der Waals surface area contributed by atoms with Crippen LogP contribution in [0.5, 0.6) is 0 Å². The van der Waals surface area contributed by atoms with Crippen LogP contribution in [0.4, 0.5) is 5.82 Å². The molecule has 3 fully saturated rings. The molecule has 2 N–H and O–H groups in total. The van der Waals surface area contributed by atoms with E-state index in [9.17, 15) is 4.79 Å². The van der Waals surface area contributed by atoms with E-state index in [0.29, 0.717) is 11.7 Å². The van der Waals surface area contributed by atoms with Crippen LogP contribution in [0, 0.1) is 11.3 Å². The van der Waals surface area contributed by atoms with Gasteiger partial charge in [0.05, 0.1) is 5.41 Å². The first kappa shape index (κ1) is 17.8. The van der Waals surface area contributed by atoms with Crippen LogP contribution < -0.4 is 5.73 Å². The monoisotopic (exact) mass is 356 g/mol. The second-order valence-corrected chi connectivity index (χ2v) is 8.65. The molecule has 1 atom stereocenters. The molecule has 1 unspecified atom stereocenters. The molecule has 3 heterocycles.